The lowest BCUT2D eigenvalue weighted by molar-refractivity contribution is -0.122. The molecule has 20 heavy (non-hydrogen) atoms. The van der Waals surface area contributed by atoms with Gasteiger partial charge in [-0.15, -0.1) is 0 Å². The van der Waals surface area contributed by atoms with Crippen LogP contribution in [0.3, 0.4) is 0 Å². The first-order valence-corrected chi connectivity index (χ1v) is 6.63. The number of amides is 2. The zero-order chi connectivity index (χ0) is 15.3. The summed E-state index contributed by atoms with van der Waals surface area (Å²) >= 11 is 0. The first-order chi connectivity index (χ1) is 9.17. The van der Waals surface area contributed by atoms with Crippen LogP contribution < -0.4 is 16.4 Å². The molecule has 0 saturated heterocycles. The Morgan fingerprint density at radius 1 is 1.35 bits per heavy atom. The van der Waals surface area contributed by atoms with Crippen LogP contribution in [0, 0.1) is 0 Å². The van der Waals surface area contributed by atoms with Crippen LogP contribution in [0.2, 0.25) is 0 Å². The van der Waals surface area contributed by atoms with Crippen molar-refractivity contribution in [2.24, 2.45) is 5.73 Å². The fourth-order valence-corrected chi connectivity index (χ4v) is 1.88. The van der Waals surface area contributed by atoms with Crippen LogP contribution in [-0.2, 0) is 9.59 Å². The molecule has 0 saturated carbocycles. The average Bonchev–Trinajstić information content (AvgIpc) is 2.25. The average molecular weight is 277 g/mol. The summed E-state index contributed by atoms with van der Waals surface area (Å²) in [5.74, 6) is -0.210. The number of carbonyl (C=O) groups is 2. The third-order valence-electron chi connectivity index (χ3n) is 2.70. The lowest BCUT2D eigenvalue weighted by Crippen LogP contribution is -2.39. The van der Waals surface area contributed by atoms with Crippen LogP contribution in [0.4, 0.5) is 5.69 Å². The molecule has 1 atom stereocenters. The third kappa shape index (κ3) is 5.84. The molecule has 0 fully saturated rings. The highest BCUT2D eigenvalue weighted by atomic mass is 16.2. The van der Waals surface area contributed by atoms with Crippen molar-refractivity contribution in [1.82, 2.24) is 5.32 Å². The van der Waals surface area contributed by atoms with Crippen LogP contribution in [0.1, 0.15) is 45.7 Å². The molecule has 1 aromatic carbocycles. The highest BCUT2D eigenvalue weighted by Crippen LogP contribution is 2.18. The Bertz CT molecular complexity index is 492. The smallest absolute Gasteiger partial charge is 0.222 e. The number of hydrogen-bond donors (Lipinski definition) is 3. The van der Waals surface area contributed by atoms with Gasteiger partial charge in [-0.1, -0.05) is 12.1 Å². The Morgan fingerprint density at radius 2 is 2.00 bits per heavy atom. The summed E-state index contributed by atoms with van der Waals surface area (Å²) in [4.78, 5) is 22.9. The van der Waals surface area contributed by atoms with Gasteiger partial charge in [-0.25, -0.2) is 0 Å². The summed E-state index contributed by atoms with van der Waals surface area (Å²) in [7, 11) is 0. The third-order valence-corrected chi connectivity index (χ3v) is 2.70. The number of nitrogens with two attached hydrogens (primary N) is 1. The van der Waals surface area contributed by atoms with Crippen LogP contribution in [-0.4, -0.2) is 17.4 Å². The van der Waals surface area contributed by atoms with Crippen molar-refractivity contribution in [3.8, 4) is 0 Å². The van der Waals surface area contributed by atoms with Gasteiger partial charge in [0.05, 0.1) is 6.04 Å². The number of nitrogens with one attached hydrogen (secondary N) is 2. The summed E-state index contributed by atoms with van der Waals surface area (Å²) in [5, 5.41) is 5.62. The Morgan fingerprint density at radius 3 is 2.55 bits per heavy atom. The second-order valence-electron chi connectivity index (χ2n) is 5.76. The van der Waals surface area contributed by atoms with Crippen molar-refractivity contribution in [1.29, 1.82) is 0 Å². The largest absolute Gasteiger partial charge is 0.350 e. The molecule has 0 radical (unpaired) electrons. The second kappa shape index (κ2) is 6.52. The van der Waals surface area contributed by atoms with E-state index in [1.807, 2.05) is 45.0 Å². The summed E-state index contributed by atoms with van der Waals surface area (Å²) in [5.41, 5.74) is 6.94. The van der Waals surface area contributed by atoms with Gasteiger partial charge in [0.1, 0.15) is 0 Å². The Balaban J connectivity index is 2.70. The molecule has 1 unspecified atom stereocenters. The van der Waals surface area contributed by atoms with Crippen LogP contribution in [0.15, 0.2) is 24.3 Å². The lowest BCUT2D eigenvalue weighted by Gasteiger charge is -2.20. The minimum Gasteiger partial charge on any atom is -0.350 e. The van der Waals surface area contributed by atoms with E-state index in [-0.39, 0.29) is 24.3 Å². The van der Waals surface area contributed by atoms with Crippen LogP contribution in [0.5, 0.6) is 0 Å². The molecule has 0 spiro atoms. The maximum absolute atomic E-state index is 11.8. The van der Waals surface area contributed by atoms with Crippen LogP contribution >= 0.6 is 0 Å². The number of anilines is 1. The van der Waals surface area contributed by atoms with Crippen molar-refractivity contribution < 1.29 is 9.59 Å². The molecule has 0 aromatic heterocycles. The van der Waals surface area contributed by atoms with Gasteiger partial charge < -0.3 is 16.4 Å². The molecule has 0 aliphatic carbocycles. The van der Waals surface area contributed by atoms with Gasteiger partial charge in [0.2, 0.25) is 11.8 Å². The summed E-state index contributed by atoms with van der Waals surface area (Å²) in [6.07, 6.45) is 0.267. The molecular weight excluding hydrogens is 254 g/mol. The molecule has 110 valence electrons. The highest BCUT2D eigenvalue weighted by molar-refractivity contribution is 5.88. The highest BCUT2D eigenvalue weighted by Gasteiger charge is 2.18. The molecule has 1 rings (SSSR count). The van der Waals surface area contributed by atoms with Gasteiger partial charge in [-0.05, 0) is 38.5 Å². The van der Waals surface area contributed by atoms with E-state index < -0.39 is 5.54 Å². The Hall–Kier alpha value is -1.88. The van der Waals surface area contributed by atoms with Crippen molar-refractivity contribution in [2.45, 2.75) is 45.7 Å². The Labute approximate surface area is 119 Å². The molecule has 4 N–H and O–H groups in total. The molecule has 2 amide bonds. The minimum absolute atomic E-state index is 0.0880. The quantitative estimate of drug-likeness (QED) is 0.769. The summed E-state index contributed by atoms with van der Waals surface area (Å²) in [6.45, 7) is 6.98. The number of carbonyl (C=O) groups excluding carboxylic acids is 2. The van der Waals surface area contributed by atoms with E-state index in [1.54, 1.807) is 0 Å². The zero-order valence-corrected chi connectivity index (χ0v) is 12.5. The van der Waals surface area contributed by atoms with E-state index in [1.165, 1.54) is 6.92 Å². The maximum atomic E-state index is 11.8. The topological polar surface area (TPSA) is 84.2 Å². The Kier molecular flexibility index (Phi) is 5.27. The molecule has 0 bridgehead atoms. The summed E-state index contributed by atoms with van der Waals surface area (Å²) < 4.78 is 0. The van der Waals surface area contributed by atoms with Crippen molar-refractivity contribution in [3.05, 3.63) is 29.8 Å². The van der Waals surface area contributed by atoms with Gasteiger partial charge in [0, 0.05) is 24.6 Å². The molecule has 0 aliphatic rings. The SMILES string of the molecule is CC(=O)Nc1cccc(C(C)NC(=O)CC(C)(C)N)c1. The normalized spacial score (nSPS) is 12.7. The summed E-state index contributed by atoms with van der Waals surface area (Å²) in [6, 6.07) is 7.26. The van der Waals surface area contributed by atoms with E-state index in [4.69, 9.17) is 5.73 Å². The van der Waals surface area contributed by atoms with E-state index in [0.717, 1.165) is 11.3 Å². The maximum Gasteiger partial charge on any atom is 0.222 e. The van der Waals surface area contributed by atoms with Crippen molar-refractivity contribution in [3.63, 3.8) is 0 Å². The molecule has 1 aromatic rings. The fraction of sp³-hybridized carbons (Fsp3) is 0.467. The van der Waals surface area contributed by atoms with Gasteiger partial charge in [0.15, 0.2) is 0 Å². The molecule has 0 aliphatic heterocycles. The standard InChI is InChI=1S/C15H23N3O2/c1-10(17-14(20)9-15(3,4)16)12-6-5-7-13(8-12)18-11(2)19/h5-8,10H,9,16H2,1-4H3,(H,17,20)(H,18,19). The van der Waals surface area contributed by atoms with E-state index in [9.17, 15) is 9.59 Å². The van der Waals surface area contributed by atoms with E-state index >= 15 is 0 Å². The number of rotatable bonds is 5. The molecule has 5 heteroatoms. The molecule has 0 heterocycles. The van der Waals surface area contributed by atoms with Crippen molar-refractivity contribution >= 4 is 17.5 Å². The zero-order valence-electron chi connectivity index (χ0n) is 12.5. The molecular formula is C15H23N3O2. The van der Waals surface area contributed by atoms with E-state index in [2.05, 4.69) is 10.6 Å². The van der Waals surface area contributed by atoms with Gasteiger partial charge in [0.25, 0.3) is 0 Å². The number of benzene rings is 1. The van der Waals surface area contributed by atoms with Crippen LogP contribution in [0.25, 0.3) is 0 Å². The predicted molar refractivity (Wildman–Crippen MR) is 80.2 cm³/mol. The van der Waals surface area contributed by atoms with Crippen molar-refractivity contribution in [2.75, 3.05) is 5.32 Å². The first kappa shape index (κ1) is 16.2. The van der Waals surface area contributed by atoms with Gasteiger partial charge in [-0.3, -0.25) is 9.59 Å². The molecule has 5 nitrogen and oxygen atoms in total. The van der Waals surface area contributed by atoms with Gasteiger partial charge in [-0.2, -0.15) is 0 Å². The lowest BCUT2D eigenvalue weighted by atomic mass is 10.0. The predicted octanol–water partition coefficient (Wildman–Crippen LogP) is 1.95. The minimum atomic E-state index is -0.526. The monoisotopic (exact) mass is 277 g/mol. The second-order valence-corrected chi connectivity index (χ2v) is 5.76. The fourth-order valence-electron chi connectivity index (χ4n) is 1.88. The number of hydrogen-bond acceptors (Lipinski definition) is 3. The van der Waals surface area contributed by atoms with Gasteiger partial charge >= 0.3 is 0 Å². The first-order valence-electron chi connectivity index (χ1n) is 6.63. The van der Waals surface area contributed by atoms with E-state index in [0.29, 0.717) is 0 Å².